The number of hydrogen-bond acceptors (Lipinski definition) is 11. The lowest BCUT2D eigenvalue weighted by Gasteiger charge is -2.30. The van der Waals surface area contributed by atoms with Gasteiger partial charge in [0, 0.05) is 6.26 Å². The predicted molar refractivity (Wildman–Crippen MR) is 194 cm³/mol. The van der Waals surface area contributed by atoms with Crippen LogP contribution >= 0.6 is 11.6 Å². The Kier molecular flexibility index (Phi) is 15.8. The molecule has 0 fully saturated rings. The number of halogens is 1. The van der Waals surface area contributed by atoms with Crippen LogP contribution in [0.1, 0.15) is 43.4 Å². The number of rotatable bonds is 17. The number of esters is 2. The highest BCUT2D eigenvalue weighted by Gasteiger charge is 2.39. The molecule has 15 nitrogen and oxygen atoms in total. The van der Waals surface area contributed by atoms with Gasteiger partial charge in [0.1, 0.15) is 29.1 Å². The smallest absolute Gasteiger partial charge is 0.408 e. The van der Waals surface area contributed by atoms with Gasteiger partial charge in [0.05, 0.1) is 33.1 Å². The Balaban J connectivity index is 1.87. The van der Waals surface area contributed by atoms with Gasteiger partial charge in [0.25, 0.3) is 0 Å². The van der Waals surface area contributed by atoms with Crippen LogP contribution < -0.4 is 21.3 Å². The van der Waals surface area contributed by atoms with Crippen molar-refractivity contribution in [2.24, 2.45) is 11.8 Å². The van der Waals surface area contributed by atoms with Crippen LogP contribution in [-0.4, -0.2) is 88.8 Å². The fourth-order valence-electron chi connectivity index (χ4n) is 5.59. The van der Waals surface area contributed by atoms with E-state index in [1.54, 1.807) is 44.2 Å². The zero-order chi connectivity index (χ0) is 39.3. The molecule has 0 radical (unpaired) electrons. The van der Waals surface area contributed by atoms with Crippen molar-refractivity contribution in [2.45, 2.75) is 70.3 Å². The highest BCUT2D eigenvalue weighted by Crippen LogP contribution is 2.29. The van der Waals surface area contributed by atoms with Gasteiger partial charge in [-0.3, -0.25) is 24.0 Å². The number of benzene rings is 2. The van der Waals surface area contributed by atoms with Crippen molar-refractivity contribution in [1.82, 2.24) is 21.3 Å². The molecule has 1 aliphatic rings. The Morgan fingerprint density at radius 3 is 1.91 bits per heavy atom. The van der Waals surface area contributed by atoms with Crippen LogP contribution in [0.25, 0.3) is 0 Å². The SMILES string of the molecule is COC(=O)C[C@@H](/C=C(\Cl)S(C)(=O)=O)NC(=O)[C@@H](NC(=O)[C@@H](NC(=O)[C@H](CC(=O)OC)NC(=O)OCc1ccccc1)C1Cc2ccccc2C1)C(C)C. The number of carbonyl (C=O) groups excluding carboxylic acids is 6. The average molecular weight is 777 g/mol. The van der Waals surface area contributed by atoms with E-state index in [1.165, 1.54) is 0 Å². The van der Waals surface area contributed by atoms with Gasteiger partial charge < -0.3 is 35.5 Å². The van der Waals surface area contributed by atoms with Crippen LogP contribution in [0.3, 0.4) is 0 Å². The van der Waals surface area contributed by atoms with E-state index in [0.717, 1.165) is 37.7 Å². The van der Waals surface area contributed by atoms with Crippen LogP contribution in [0, 0.1) is 11.8 Å². The van der Waals surface area contributed by atoms with E-state index < -0.39 is 98.8 Å². The molecule has 0 bridgehead atoms. The van der Waals surface area contributed by atoms with Crippen LogP contribution in [0.2, 0.25) is 0 Å². The molecule has 0 unspecified atom stereocenters. The fraction of sp³-hybridized carbons (Fsp3) is 0.444. The van der Waals surface area contributed by atoms with E-state index in [0.29, 0.717) is 18.4 Å². The zero-order valence-corrected chi connectivity index (χ0v) is 31.6. The minimum absolute atomic E-state index is 0.111. The highest BCUT2D eigenvalue weighted by atomic mass is 35.5. The van der Waals surface area contributed by atoms with Crippen molar-refractivity contribution < 1.29 is 51.4 Å². The third kappa shape index (κ3) is 13.2. The summed E-state index contributed by atoms with van der Waals surface area (Å²) in [4.78, 5) is 78.7. The number of carbonyl (C=O) groups is 6. The number of sulfone groups is 1. The summed E-state index contributed by atoms with van der Waals surface area (Å²) in [6, 6.07) is 11.1. The van der Waals surface area contributed by atoms with E-state index in [-0.39, 0.29) is 6.61 Å². The summed E-state index contributed by atoms with van der Waals surface area (Å²) in [6.07, 6.45) is 0.583. The minimum Gasteiger partial charge on any atom is -0.469 e. The van der Waals surface area contributed by atoms with Crippen molar-refractivity contribution >= 4 is 57.2 Å². The van der Waals surface area contributed by atoms with Crippen molar-refractivity contribution in [2.75, 3.05) is 20.5 Å². The average Bonchev–Trinajstić information content (AvgIpc) is 3.55. The van der Waals surface area contributed by atoms with Crippen LogP contribution in [0.5, 0.6) is 0 Å². The van der Waals surface area contributed by atoms with E-state index in [1.807, 2.05) is 24.3 Å². The summed E-state index contributed by atoms with van der Waals surface area (Å²) in [5.41, 5.74) is 2.59. The first-order chi connectivity index (χ1) is 25.0. The molecule has 0 heterocycles. The molecule has 4 atom stereocenters. The fourth-order valence-corrected chi connectivity index (χ4v) is 6.16. The van der Waals surface area contributed by atoms with Gasteiger partial charge in [-0.2, -0.15) is 0 Å². The van der Waals surface area contributed by atoms with Crippen LogP contribution in [-0.2, 0) is 67.5 Å². The summed E-state index contributed by atoms with van der Waals surface area (Å²) < 4.78 is 38.0. The molecule has 0 aromatic heterocycles. The van der Waals surface area contributed by atoms with E-state index in [9.17, 15) is 37.2 Å². The quantitative estimate of drug-likeness (QED) is 0.135. The summed E-state index contributed by atoms with van der Waals surface area (Å²) in [7, 11) is -1.64. The first-order valence-electron chi connectivity index (χ1n) is 16.7. The molecule has 4 amide bonds. The Hall–Kier alpha value is -4.96. The second kappa shape index (κ2) is 19.8. The second-order valence-electron chi connectivity index (χ2n) is 12.8. The molecule has 0 spiro atoms. The van der Waals surface area contributed by atoms with Crippen molar-refractivity contribution in [1.29, 1.82) is 0 Å². The number of nitrogens with one attached hydrogen (secondary N) is 4. The Labute approximate surface area is 313 Å². The molecular formula is C36H45ClN4O11S. The van der Waals surface area contributed by atoms with E-state index in [2.05, 4.69) is 26.0 Å². The monoisotopic (exact) mass is 776 g/mol. The predicted octanol–water partition coefficient (Wildman–Crippen LogP) is 2.06. The normalized spacial score (nSPS) is 15.2. The largest absolute Gasteiger partial charge is 0.469 e. The maximum absolute atomic E-state index is 14.1. The molecule has 288 valence electrons. The number of ether oxygens (including phenoxy) is 3. The maximum atomic E-state index is 14.1. The van der Waals surface area contributed by atoms with E-state index in [4.69, 9.17) is 21.1 Å². The summed E-state index contributed by atoms with van der Waals surface area (Å²) >= 11 is 5.93. The third-order valence-corrected chi connectivity index (χ3v) is 10.2. The topological polar surface area (TPSA) is 212 Å². The molecule has 3 rings (SSSR count). The standard InChI is InChI=1S/C36H45ClN4O11S/c1-21(2)31(34(45)38-26(18-29(42)50-3)17-28(37)53(5,48)49)40-35(46)32(25-15-23-13-9-10-14-24(23)16-25)41-33(44)27(19-30(43)51-4)39-36(47)52-20-22-11-7-6-8-12-22/h6-14,17,21,25-27,31-32H,15-16,18-20H2,1-5H3,(H,38,45)(H,39,47)(H,40,46)(H,41,44)/b28-17+/t26-,27+,31+,32+/m1/s1. The molecule has 53 heavy (non-hydrogen) atoms. The van der Waals surface area contributed by atoms with Crippen molar-refractivity contribution in [3.8, 4) is 0 Å². The Morgan fingerprint density at radius 2 is 1.36 bits per heavy atom. The Bertz CT molecular complexity index is 1760. The lowest BCUT2D eigenvalue weighted by Crippen LogP contribution is -2.60. The third-order valence-electron chi connectivity index (χ3n) is 8.43. The summed E-state index contributed by atoms with van der Waals surface area (Å²) in [5, 5.41) is 10.3. The van der Waals surface area contributed by atoms with Crippen LogP contribution in [0.4, 0.5) is 4.79 Å². The molecule has 2 aromatic carbocycles. The van der Waals surface area contributed by atoms with Gasteiger partial charge in [0.2, 0.25) is 17.7 Å². The Morgan fingerprint density at radius 1 is 0.792 bits per heavy atom. The molecular weight excluding hydrogens is 732 g/mol. The molecule has 2 aromatic rings. The highest BCUT2D eigenvalue weighted by molar-refractivity contribution is 7.96. The first-order valence-corrected chi connectivity index (χ1v) is 18.9. The van der Waals surface area contributed by atoms with Gasteiger partial charge >= 0.3 is 18.0 Å². The zero-order valence-electron chi connectivity index (χ0n) is 30.1. The van der Waals surface area contributed by atoms with E-state index >= 15 is 0 Å². The van der Waals surface area contributed by atoms with Gasteiger partial charge in [-0.1, -0.05) is 80.0 Å². The summed E-state index contributed by atoms with van der Waals surface area (Å²) in [5.74, 6) is -5.03. The minimum atomic E-state index is -3.88. The molecule has 0 aliphatic heterocycles. The molecule has 1 aliphatic carbocycles. The van der Waals surface area contributed by atoms with Gasteiger partial charge in [0.15, 0.2) is 9.84 Å². The number of hydrogen-bond donors (Lipinski definition) is 4. The number of alkyl carbamates (subject to hydrolysis) is 1. The number of methoxy groups -OCH3 is 2. The van der Waals surface area contributed by atoms with Crippen molar-refractivity contribution in [3.05, 3.63) is 81.7 Å². The maximum Gasteiger partial charge on any atom is 0.408 e. The van der Waals surface area contributed by atoms with Crippen LogP contribution in [0.15, 0.2) is 65.0 Å². The summed E-state index contributed by atoms with van der Waals surface area (Å²) in [6.45, 7) is 3.19. The van der Waals surface area contributed by atoms with Crippen molar-refractivity contribution in [3.63, 3.8) is 0 Å². The molecule has 17 heteroatoms. The molecule has 0 saturated carbocycles. The first kappa shape index (κ1) is 42.5. The molecule has 4 N–H and O–H groups in total. The van der Waals surface area contributed by atoms with Gasteiger partial charge in [-0.25, -0.2) is 13.2 Å². The number of fused-ring (bicyclic) bond motifs is 1. The number of amides is 4. The van der Waals surface area contributed by atoms with Gasteiger partial charge in [-0.05, 0) is 47.4 Å². The van der Waals surface area contributed by atoms with Gasteiger partial charge in [-0.15, -0.1) is 0 Å². The lowest BCUT2D eigenvalue weighted by molar-refractivity contribution is -0.143. The lowest BCUT2D eigenvalue weighted by atomic mass is 9.93. The second-order valence-corrected chi connectivity index (χ2v) is 15.4. The molecule has 0 saturated heterocycles.